The van der Waals surface area contributed by atoms with Crippen LogP contribution in [0.25, 0.3) is 22.3 Å². The average molecular weight is 706 g/mol. The van der Waals surface area contributed by atoms with Crippen LogP contribution in [0.4, 0.5) is 9.18 Å². The number of carbonyl (C=O) groups excluding carboxylic acids is 2. The molecule has 9 nitrogen and oxygen atoms in total. The maximum Gasteiger partial charge on any atom is 0.407 e. The summed E-state index contributed by atoms with van der Waals surface area (Å²) in [5, 5.41) is 15.3. The van der Waals surface area contributed by atoms with Gasteiger partial charge in [-0.2, -0.15) is 0 Å². The van der Waals surface area contributed by atoms with Gasteiger partial charge in [-0.05, 0) is 66.5 Å². The van der Waals surface area contributed by atoms with Gasteiger partial charge in [0.1, 0.15) is 18.5 Å². The number of nitrogens with zero attached hydrogens (tertiary/aromatic N) is 2. The summed E-state index contributed by atoms with van der Waals surface area (Å²) in [5.41, 5.74) is 4.73. The van der Waals surface area contributed by atoms with E-state index in [9.17, 15) is 19.5 Å². The fraction of sp³-hybridized carbons (Fsp3) is 0.371. The smallest absolute Gasteiger partial charge is 0.407 e. The summed E-state index contributed by atoms with van der Waals surface area (Å²) in [6.07, 6.45) is 1.61. The van der Waals surface area contributed by atoms with Crippen LogP contribution in [0.3, 0.4) is 0 Å². The van der Waals surface area contributed by atoms with E-state index in [4.69, 9.17) is 14.5 Å². The second-order valence-electron chi connectivity index (χ2n) is 12.9. The summed E-state index contributed by atoms with van der Waals surface area (Å²) in [6, 6.07) is 10.8. The number of alkyl carbamates (subject to hydrolysis) is 1. The Hall–Kier alpha value is -3.44. The Labute approximate surface area is 285 Å². The topological polar surface area (TPSA) is 120 Å². The Kier molecular flexibility index (Phi) is 7.86. The number of aryl methyl sites for hydroxylation is 1. The van der Waals surface area contributed by atoms with Crippen molar-refractivity contribution < 1.29 is 28.6 Å². The van der Waals surface area contributed by atoms with Crippen molar-refractivity contribution in [3.05, 3.63) is 97.1 Å². The highest BCUT2D eigenvalue weighted by Gasteiger charge is 2.46. The summed E-state index contributed by atoms with van der Waals surface area (Å²) >= 11 is 0. The number of esters is 1. The molecule has 2 aromatic carbocycles. The van der Waals surface area contributed by atoms with Crippen LogP contribution < -0.4 is 10.9 Å². The molecule has 1 amide bonds. The van der Waals surface area contributed by atoms with Crippen LogP contribution in [0.5, 0.6) is 0 Å². The predicted octanol–water partition coefficient (Wildman–Crippen LogP) is 5.95. The van der Waals surface area contributed by atoms with Crippen LogP contribution in [0.15, 0.2) is 41.2 Å². The number of fused-ring (bicyclic) bond motifs is 6. The Balaban J connectivity index is 1.21. The predicted molar refractivity (Wildman–Crippen MR) is 186 cm³/mol. The van der Waals surface area contributed by atoms with Gasteiger partial charge in [-0.3, -0.25) is 4.79 Å². The summed E-state index contributed by atoms with van der Waals surface area (Å²) in [5.74, 6) is -1.18. The minimum absolute atomic E-state index is 0.0225. The molecule has 0 saturated carbocycles. The van der Waals surface area contributed by atoms with E-state index in [1.54, 1.807) is 45.7 Å². The van der Waals surface area contributed by atoms with E-state index in [2.05, 4.69) is 25.9 Å². The number of halogens is 1. The van der Waals surface area contributed by atoms with Crippen LogP contribution in [-0.4, -0.2) is 38.1 Å². The second kappa shape index (κ2) is 11.9. The molecule has 1 unspecified atom stereocenters. The molecule has 0 saturated heterocycles. The van der Waals surface area contributed by atoms with Gasteiger partial charge in [0.25, 0.3) is 5.56 Å². The summed E-state index contributed by atoms with van der Waals surface area (Å²) in [7, 11) is 5.91. The molecule has 248 valence electrons. The molecular formula is C35H33FN3O6PS2. The number of cyclic esters (lactones) is 1. The van der Waals surface area contributed by atoms with E-state index < -0.39 is 23.7 Å². The van der Waals surface area contributed by atoms with E-state index in [1.165, 1.54) is 17.2 Å². The largest absolute Gasteiger partial charge is 0.458 e. The third-order valence-corrected chi connectivity index (χ3v) is 13.4. The summed E-state index contributed by atoms with van der Waals surface area (Å²) in [6.45, 7) is 3.33. The van der Waals surface area contributed by atoms with Gasteiger partial charge in [0, 0.05) is 29.0 Å². The molecule has 8 rings (SSSR count). The first kappa shape index (κ1) is 31.8. The van der Waals surface area contributed by atoms with E-state index >= 15 is 4.39 Å². The third-order valence-electron chi connectivity index (χ3n) is 10.5. The number of carbonyl (C=O) groups is 2. The molecule has 4 heterocycles. The maximum absolute atomic E-state index is 15.3. The molecule has 13 heteroatoms. The first-order chi connectivity index (χ1) is 23.1. The van der Waals surface area contributed by atoms with Gasteiger partial charge in [0.2, 0.25) is 0 Å². The fourth-order valence-electron chi connectivity index (χ4n) is 7.95. The van der Waals surface area contributed by atoms with Gasteiger partial charge in [-0.15, -0.1) is 0 Å². The Morgan fingerprint density at radius 3 is 2.73 bits per heavy atom. The van der Waals surface area contributed by atoms with E-state index in [1.807, 2.05) is 12.1 Å². The molecule has 0 spiro atoms. The Morgan fingerprint density at radius 1 is 1.21 bits per heavy atom. The van der Waals surface area contributed by atoms with Crippen LogP contribution >= 0.6 is 29.6 Å². The first-order valence-corrected chi connectivity index (χ1v) is 19.7. The van der Waals surface area contributed by atoms with Crippen molar-refractivity contribution in [1.82, 2.24) is 14.9 Å². The lowest BCUT2D eigenvalue weighted by molar-refractivity contribution is -0.172. The van der Waals surface area contributed by atoms with E-state index in [0.717, 1.165) is 28.5 Å². The average Bonchev–Trinajstić information content (AvgIpc) is 3.45. The molecule has 48 heavy (non-hydrogen) atoms. The molecule has 5 atom stereocenters. The highest BCUT2D eigenvalue weighted by atomic mass is 33.3. The number of aliphatic hydroxyl groups is 1. The van der Waals surface area contributed by atoms with Gasteiger partial charge in [-0.25, -0.2) is 19.0 Å². The van der Waals surface area contributed by atoms with Gasteiger partial charge in [-0.1, -0.05) is 60.8 Å². The van der Waals surface area contributed by atoms with Crippen LogP contribution in [0.2, 0.25) is 0 Å². The van der Waals surface area contributed by atoms with Crippen LogP contribution in [-0.2, 0) is 52.3 Å². The number of pyridine rings is 2. The Morgan fingerprint density at radius 2 is 1.98 bits per heavy atom. The van der Waals surface area contributed by atoms with Crippen LogP contribution in [0, 0.1) is 12.7 Å². The zero-order chi connectivity index (χ0) is 33.5. The summed E-state index contributed by atoms with van der Waals surface area (Å²) < 4.78 is 28.2. The molecular weight excluding hydrogens is 673 g/mol. The van der Waals surface area contributed by atoms with Crippen molar-refractivity contribution >= 4 is 52.6 Å². The minimum Gasteiger partial charge on any atom is -0.458 e. The standard InChI is InChI=1S/C35H33FN3O6PS2/c1-3-35(43)22-12-26-31-20(14-39(26)32(40)21(22)15-44-33(35)41)30-24(9-8-19-16(2)23(36)13-25(37-31)29(19)30)38-34(42)45-27-10-17-6-4-5-7-18(17)11-28(27)47-48-46/h4-7,12-13,24,27-28,43H,3,8-11,14-15,46H2,1-2H3,(H,38,42)/t24-,27-,28-,35-/m0/s1. The Bertz CT molecular complexity index is 2120. The normalized spacial score (nSPS) is 23.5. The number of ether oxygens (including phenoxy) is 2. The number of hydrogen-bond donors (Lipinski definition) is 2. The SMILES string of the molecule is CC[C@@]1(O)C(=O)OCc2c1cc1n(c2=O)Cc2c-1nc1cc(F)c(C)c3c1c2[C@@H](NC(=O)O[C@H]1Cc2ccccc2C[C@@H]1SSP)CC3. The molecule has 0 radical (unpaired) electrons. The van der Waals surface area contributed by atoms with Gasteiger partial charge in [0.05, 0.1) is 40.3 Å². The van der Waals surface area contributed by atoms with Gasteiger partial charge in [0.15, 0.2) is 5.60 Å². The molecule has 0 fully saturated rings. The van der Waals surface area contributed by atoms with E-state index in [0.29, 0.717) is 41.7 Å². The highest BCUT2D eigenvalue weighted by molar-refractivity contribution is 8.94. The van der Waals surface area contributed by atoms with Crippen molar-refractivity contribution in [2.45, 2.75) is 82.1 Å². The number of aromatic nitrogens is 2. The van der Waals surface area contributed by atoms with Gasteiger partial charge >= 0.3 is 12.1 Å². The molecule has 4 aromatic rings. The number of amides is 1. The number of benzene rings is 2. The summed E-state index contributed by atoms with van der Waals surface area (Å²) in [4.78, 5) is 45.2. The quantitative estimate of drug-likeness (QED) is 0.130. The zero-order valence-electron chi connectivity index (χ0n) is 26.3. The van der Waals surface area contributed by atoms with Crippen molar-refractivity contribution in [3.8, 4) is 11.4 Å². The molecule has 2 aliphatic heterocycles. The molecule has 2 aromatic heterocycles. The van der Waals surface area contributed by atoms with Crippen LogP contribution in [0.1, 0.15) is 70.3 Å². The monoisotopic (exact) mass is 705 g/mol. The number of rotatable bonds is 5. The minimum atomic E-state index is -1.97. The maximum atomic E-state index is 15.3. The molecule has 2 N–H and O–H groups in total. The second-order valence-corrected chi connectivity index (χ2v) is 16.8. The number of hydrogen-bond acceptors (Lipinski definition) is 9. The molecule has 4 aliphatic rings. The lowest BCUT2D eigenvalue weighted by Crippen LogP contribution is -2.44. The lowest BCUT2D eigenvalue weighted by Gasteiger charge is -2.33. The van der Waals surface area contributed by atoms with Gasteiger partial charge < -0.3 is 24.5 Å². The third kappa shape index (κ3) is 4.82. The fourth-order valence-corrected chi connectivity index (χ4v) is 10.9. The van der Waals surface area contributed by atoms with Crippen molar-refractivity contribution in [2.75, 3.05) is 0 Å². The highest BCUT2D eigenvalue weighted by Crippen LogP contribution is 2.46. The van der Waals surface area contributed by atoms with Crippen molar-refractivity contribution in [1.29, 1.82) is 0 Å². The zero-order valence-corrected chi connectivity index (χ0v) is 29.1. The molecule has 2 aliphatic carbocycles. The first-order valence-electron chi connectivity index (χ1n) is 16.0. The molecule has 0 bridgehead atoms. The number of nitrogens with one attached hydrogen (secondary N) is 1. The lowest BCUT2D eigenvalue weighted by atomic mass is 9.81. The van der Waals surface area contributed by atoms with Crippen molar-refractivity contribution in [2.24, 2.45) is 0 Å². The van der Waals surface area contributed by atoms with E-state index in [-0.39, 0.29) is 53.4 Å². The van der Waals surface area contributed by atoms with Crippen molar-refractivity contribution in [3.63, 3.8) is 0 Å².